The lowest BCUT2D eigenvalue weighted by Crippen LogP contribution is -2.20. The van der Waals surface area contributed by atoms with Crippen LogP contribution in [0.15, 0.2) is 30.5 Å². The molecule has 1 amide bonds. The molecule has 0 fully saturated rings. The maximum atomic E-state index is 12.4. The lowest BCUT2D eigenvalue weighted by molar-refractivity contribution is 0.102. The van der Waals surface area contributed by atoms with Crippen molar-refractivity contribution in [1.29, 1.82) is 0 Å². The average Bonchev–Trinajstić information content (AvgIpc) is 2.37. The first-order valence-corrected chi connectivity index (χ1v) is 6.79. The zero-order valence-corrected chi connectivity index (χ0v) is 12.8. The maximum Gasteiger partial charge on any atom is 0.259 e. The van der Waals surface area contributed by atoms with Crippen molar-refractivity contribution in [3.05, 3.63) is 47.3 Å². The first-order valence-electron chi connectivity index (χ1n) is 6.79. The Morgan fingerprint density at radius 3 is 2.52 bits per heavy atom. The fourth-order valence-electron chi connectivity index (χ4n) is 2.14. The second-order valence-electron chi connectivity index (χ2n) is 5.98. The van der Waals surface area contributed by atoms with Gasteiger partial charge in [-0.2, -0.15) is 0 Å². The molecule has 0 bridgehead atoms. The minimum Gasteiger partial charge on any atom is -0.368 e. The molecule has 0 aliphatic heterocycles. The number of hydrogen-bond donors (Lipinski definition) is 2. The number of carbonyl (C=O) groups is 1. The summed E-state index contributed by atoms with van der Waals surface area (Å²) in [7, 11) is 0. The van der Waals surface area contributed by atoms with Gasteiger partial charge in [-0.05, 0) is 24.0 Å². The number of anilines is 2. The van der Waals surface area contributed by atoms with Crippen LogP contribution in [0.5, 0.6) is 0 Å². The normalized spacial score (nSPS) is 11.2. The summed E-state index contributed by atoms with van der Waals surface area (Å²) in [4.78, 5) is 20.3. The molecule has 21 heavy (non-hydrogen) atoms. The van der Waals surface area contributed by atoms with E-state index in [1.54, 1.807) is 6.92 Å². The van der Waals surface area contributed by atoms with Gasteiger partial charge in [0.15, 0.2) is 0 Å². The van der Waals surface area contributed by atoms with Gasteiger partial charge in [-0.25, -0.2) is 9.97 Å². The van der Waals surface area contributed by atoms with Crippen molar-refractivity contribution >= 4 is 17.5 Å². The molecule has 1 aromatic carbocycles. The predicted octanol–water partition coefficient (Wildman–Crippen LogP) is 2.92. The van der Waals surface area contributed by atoms with Gasteiger partial charge in [0.1, 0.15) is 0 Å². The molecule has 0 unspecified atom stereocenters. The molecule has 0 saturated carbocycles. The highest BCUT2D eigenvalue weighted by molar-refractivity contribution is 6.05. The van der Waals surface area contributed by atoms with Crippen LogP contribution in [0.25, 0.3) is 0 Å². The van der Waals surface area contributed by atoms with E-state index in [1.807, 2.05) is 24.3 Å². The average molecular weight is 284 g/mol. The molecule has 2 rings (SSSR count). The largest absolute Gasteiger partial charge is 0.368 e. The zero-order chi connectivity index (χ0) is 15.6. The SMILES string of the molecule is Cc1nc(N)ncc1C(=O)Nc1ccccc1C(C)(C)C. The van der Waals surface area contributed by atoms with Gasteiger partial charge in [0.2, 0.25) is 5.95 Å². The number of amides is 1. The van der Waals surface area contributed by atoms with Gasteiger partial charge in [0.25, 0.3) is 5.91 Å². The Morgan fingerprint density at radius 2 is 1.90 bits per heavy atom. The number of hydrogen-bond acceptors (Lipinski definition) is 4. The highest BCUT2D eigenvalue weighted by Gasteiger charge is 2.19. The highest BCUT2D eigenvalue weighted by Crippen LogP contribution is 2.29. The third-order valence-corrected chi connectivity index (χ3v) is 3.23. The summed E-state index contributed by atoms with van der Waals surface area (Å²) in [6, 6.07) is 7.78. The van der Waals surface area contributed by atoms with Gasteiger partial charge >= 0.3 is 0 Å². The van der Waals surface area contributed by atoms with Crippen molar-refractivity contribution in [1.82, 2.24) is 9.97 Å². The van der Waals surface area contributed by atoms with Crippen LogP contribution in [0.1, 0.15) is 42.4 Å². The standard InChI is InChI=1S/C16H20N4O/c1-10-11(9-18-15(17)19-10)14(21)20-13-8-6-5-7-12(13)16(2,3)4/h5-9H,1-4H3,(H,20,21)(H2,17,18,19). The Bertz CT molecular complexity index is 674. The summed E-state index contributed by atoms with van der Waals surface area (Å²) in [6.45, 7) is 8.06. The Morgan fingerprint density at radius 1 is 1.24 bits per heavy atom. The van der Waals surface area contributed by atoms with E-state index in [0.29, 0.717) is 11.3 Å². The number of nitrogens with zero attached hydrogens (tertiary/aromatic N) is 2. The molecule has 3 N–H and O–H groups in total. The van der Waals surface area contributed by atoms with E-state index in [1.165, 1.54) is 6.20 Å². The Labute approximate surface area is 124 Å². The molecule has 0 aliphatic rings. The predicted molar refractivity (Wildman–Crippen MR) is 84.3 cm³/mol. The van der Waals surface area contributed by atoms with Crippen LogP contribution in [0.3, 0.4) is 0 Å². The zero-order valence-electron chi connectivity index (χ0n) is 12.8. The monoisotopic (exact) mass is 284 g/mol. The van der Waals surface area contributed by atoms with Crippen molar-refractivity contribution in [2.45, 2.75) is 33.1 Å². The number of para-hydroxylation sites is 1. The number of rotatable bonds is 2. The van der Waals surface area contributed by atoms with Gasteiger partial charge < -0.3 is 11.1 Å². The van der Waals surface area contributed by atoms with Crippen LogP contribution in [0.4, 0.5) is 11.6 Å². The molecule has 0 saturated heterocycles. The third kappa shape index (κ3) is 3.37. The number of benzene rings is 1. The van der Waals surface area contributed by atoms with E-state index >= 15 is 0 Å². The summed E-state index contributed by atoms with van der Waals surface area (Å²) in [5, 5.41) is 2.93. The Kier molecular flexibility index (Phi) is 3.93. The van der Waals surface area contributed by atoms with Crippen LogP contribution in [0.2, 0.25) is 0 Å². The minimum absolute atomic E-state index is 0.0590. The topological polar surface area (TPSA) is 80.9 Å². The summed E-state index contributed by atoms with van der Waals surface area (Å²) < 4.78 is 0. The summed E-state index contributed by atoms with van der Waals surface area (Å²) >= 11 is 0. The number of carbonyl (C=O) groups excluding carboxylic acids is 1. The van der Waals surface area contributed by atoms with Crippen molar-refractivity contribution < 1.29 is 4.79 Å². The second-order valence-corrected chi connectivity index (χ2v) is 5.98. The molecule has 5 nitrogen and oxygen atoms in total. The number of nitrogens with two attached hydrogens (primary N) is 1. The van der Waals surface area contributed by atoms with E-state index < -0.39 is 0 Å². The number of aryl methyl sites for hydroxylation is 1. The van der Waals surface area contributed by atoms with Crippen LogP contribution in [-0.4, -0.2) is 15.9 Å². The van der Waals surface area contributed by atoms with E-state index in [4.69, 9.17) is 5.73 Å². The molecular formula is C16H20N4O. The molecule has 5 heteroatoms. The molecule has 110 valence electrons. The van der Waals surface area contributed by atoms with E-state index in [2.05, 4.69) is 36.1 Å². The number of nitrogen functional groups attached to an aromatic ring is 1. The molecule has 0 radical (unpaired) electrons. The molecule has 0 spiro atoms. The summed E-state index contributed by atoms with van der Waals surface area (Å²) in [6.07, 6.45) is 1.45. The molecule has 0 aliphatic carbocycles. The fraction of sp³-hybridized carbons (Fsp3) is 0.312. The second kappa shape index (κ2) is 5.52. The van der Waals surface area contributed by atoms with Gasteiger partial charge in [-0.3, -0.25) is 4.79 Å². The molecular weight excluding hydrogens is 264 g/mol. The quantitative estimate of drug-likeness (QED) is 0.888. The number of aromatic nitrogens is 2. The lowest BCUT2D eigenvalue weighted by Gasteiger charge is -2.23. The molecule has 1 heterocycles. The van der Waals surface area contributed by atoms with Crippen molar-refractivity contribution in [2.75, 3.05) is 11.1 Å². The van der Waals surface area contributed by atoms with Crippen LogP contribution < -0.4 is 11.1 Å². The first kappa shape index (κ1) is 15.0. The summed E-state index contributed by atoms with van der Waals surface area (Å²) in [5.41, 5.74) is 8.31. The van der Waals surface area contributed by atoms with E-state index in [0.717, 1.165) is 11.3 Å². The van der Waals surface area contributed by atoms with Gasteiger partial charge in [-0.1, -0.05) is 39.0 Å². The number of nitrogens with one attached hydrogen (secondary N) is 1. The van der Waals surface area contributed by atoms with Crippen molar-refractivity contribution in [2.24, 2.45) is 0 Å². The van der Waals surface area contributed by atoms with Crippen LogP contribution >= 0.6 is 0 Å². The van der Waals surface area contributed by atoms with Gasteiger partial charge in [-0.15, -0.1) is 0 Å². The van der Waals surface area contributed by atoms with Gasteiger partial charge in [0, 0.05) is 11.9 Å². The van der Waals surface area contributed by atoms with Crippen molar-refractivity contribution in [3.8, 4) is 0 Å². The molecule has 0 atom stereocenters. The molecule has 1 aromatic heterocycles. The maximum absolute atomic E-state index is 12.4. The van der Waals surface area contributed by atoms with Crippen LogP contribution in [0, 0.1) is 6.92 Å². The Hall–Kier alpha value is -2.43. The first-order chi connectivity index (χ1) is 9.79. The lowest BCUT2D eigenvalue weighted by atomic mass is 9.86. The third-order valence-electron chi connectivity index (χ3n) is 3.23. The van der Waals surface area contributed by atoms with Crippen molar-refractivity contribution in [3.63, 3.8) is 0 Å². The van der Waals surface area contributed by atoms with E-state index in [9.17, 15) is 4.79 Å². The summed E-state index contributed by atoms with van der Waals surface area (Å²) in [5.74, 6) is -0.0664. The Balaban J connectivity index is 2.32. The fourth-order valence-corrected chi connectivity index (χ4v) is 2.14. The minimum atomic E-state index is -0.232. The van der Waals surface area contributed by atoms with Crippen LogP contribution in [-0.2, 0) is 5.41 Å². The smallest absolute Gasteiger partial charge is 0.259 e. The van der Waals surface area contributed by atoms with E-state index in [-0.39, 0.29) is 17.3 Å². The van der Waals surface area contributed by atoms with Gasteiger partial charge in [0.05, 0.1) is 11.3 Å². The molecule has 2 aromatic rings. The highest BCUT2D eigenvalue weighted by atomic mass is 16.1.